The molecule has 0 aliphatic heterocycles. The molecule has 0 aliphatic carbocycles. The first kappa shape index (κ1) is 17.6. The van der Waals surface area contributed by atoms with Crippen LogP contribution in [0.1, 0.15) is 44.7 Å². The van der Waals surface area contributed by atoms with E-state index >= 15 is 0 Å². The van der Waals surface area contributed by atoms with Gasteiger partial charge in [-0.2, -0.15) is 0 Å². The quantitative estimate of drug-likeness (QED) is 0.872. The number of alkyl carbamates (subject to hydrolysis) is 1. The molecule has 1 atom stereocenters. The molecule has 0 aromatic heterocycles. The van der Waals surface area contributed by atoms with Gasteiger partial charge in [0.05, 0.1) is 0 Å². The molecule has 0 fully saturated rings. The predicted octanol–water partition coefficient (Wildman–Crippen LogP) is 4.75. The molecule has 3 nitrogen and oxygen atoms in total. The van der Waals surface area contributed by atoms with Gasteiger partial charge in [0.15, 0.2) is 0 Å². The Morgan fingerprint density at radius 1 is 1.33 bits per heavy atom. The van der Waals surface area contributed by atoms with Crippen molar-refractivity contribution in [3.63, 3.8) is 0 Å². The lowest BCUT2D eigenvalue weighted by atomic mass is 9.93. The molecular weight excluding hydrogens is 286 g/mol. The standard InChI is InChI=1S/C17H24ClNO2/c1-12-6-8-14(9-7-12)13(2)15(10-18)11-19-16(20)21-17(3,4)5/h6-10,13H,11H2,1-5H3,(H,19,20)/b15-10+. The van der Waals surface area contributed by atoms with E-state index in [9.17, 15) is 4.79 Å². The highest BCUT2D eigenvalue weighted by molar-refractivity contribution is 6.25. The van der Waals surface area contributed by atoms with E-state index in [0.717, 1.165) is 5.57 Å². The molecule has 1 aromatic carbocycles. The molecule has 1 amide bonds. The van der Waals surface area contributed by atoms with Crippen molar-refractivity contribution < 1.29 is 9.53 Å². The average Bonchev–Trinajstić information content (AvgIpc) is 2.38. The molecule has 0 radical (unpaired) electrons. The Hall–Kier alpha value is -1.48. The third-order valence-electron chi connectivity index (χ3n) is 3.11. The minimum Gasteiger partial charge on any atom is -0.444 e. The Morgan fingerprint density at radius 2 is 1.90 bits per heavy atom. The van der Waals surface area contributed by atoms with E-state index in [-0.39, 0.29) is 5.92 Å². The van der Waals surface area contributed by atoms with Gasteiger partial charge in [-0.1, -0.05) is 48.4 Å². The summed E-state index contributed by atoms with van der Waals surface area (Å²) in [6.45, 7) is 9.99. The molecule has 21 heavy (non-hydrogen) atoms. The SMILES string of the molecule is Cc1ccc(C(C)/C(=C/Cl)CNC(=O)OC(C)(C)C)cc1. The Morgan fingerprint density at radius 3 is 2.38 bits per heavy atom. The largest absolute Gasteiger partial charge is 0.444 e. The molecule has 116 valence electrons. The smallest absolute Gasteiger partial charge is 0.407 e. The van der Waals surface area contributed by atoms with Crippen molar-refractivity contribution in [3.8, 4) is 0 Å². The van der Waals surface area contributed by atoms with Gasteiger partial charge in [-0.3, -0.25) is 0 Å². The number of ether oxygens (including phenoxy) is 1. The van der Waals surface area contributed by atoms with Crippen LogP contribution in [0, 0.1) is 6.92 Å². The normalized spacial score (nSPS) is 13.7. The maximum absolute atomic E-state index is 11.7. The summed E-state index contributed by atoms with van der Waals surface area (Å²) in [4.78, 5) is 11.7. The monoisotopic (exact) mass is 309 g/mol. The lowest BCUT2D eigenvalue weighted by Gasteiger charge is -2.21. The fraction of sp³-hybridized carbons (Fsp3) is 0.471. The summed E-state index contributed by atoms with van der Waals surface area (Å²) in [5, 5.41) is 2.74. The van der Waals surface area contributed by atoms with Crippen LogP contribution in [-0.2, 0) is 4.74 Å². The molecule has 4 heteroatoms. The Kier molecular flexibility index (Phi) is 6.28. The van der Waals surface area contributed by atoms with Crippen LogP contribution in [0.3, 0.4) is 0 Å². The van der Waals surface area contributed by atoms with E-state index in [4.69, 9.17) is 16.3 Å². The first-order valence-electron chi connectivity index (χ1n) is 7.05. The van der Waals surface area contributed by atoms with Gasteiger partial charge < -0.3 is 10.1 Å². The molecule has 1 aromatic rings. The van der Waals surface area contributed by atoms with Crippen LogP contribution < -0.4 is 5.32 Å². The maximum atomic E-state index is 11.7. The molecule has 0 aliphatic rings. The van der Waals surface area contributed by atoms with Crippen LogP contribution in [0.25, 0.3) is 0 Å². The topological polar surface area (TPSA) is 38.3 Å². The summed E-state index contributed by atoms with van der Waals surface area (Å²) in [5.41, 5.74) is 4.35. The number of benzene rings is 1. The fourth-order valence-corrected chi connectivity index (χ4v) is 2.11. The van der Waals surface area contributed by atoms with Crippen molar-refractivity contribution >= 4 is 17.7 Å². The highest BCUT2D eigenvalue weighted by Gasteiger charge is 2.17. The molecule has 0 bridgehead atoms. The highest BCUT2D eigenvalue weighted by Crippen LogP contribution is 2.24. The van der Waals surface area contributed by atoms with Crippen LogP contribution in [0.15, 0.2) is 35.4 Å². The van der Waals surface area contributed by atoms with E-state index < -0.39 is 11.7 Å². The van der Waals surface area contributed by atoms with Gasteiger partial charge in [0, 0.05) is 18.0 Å². The Balaban J connectivity index is 2.63. The van der Waals surface area contributed by atoms with Crippen molar-refractivity contribution in [2.24, 2.45) is 0 Å². The van der Waals surface area contributed by atoms with Crippen molar-refractivity contribution in [3.05, 3.63) is 46.5 Å². The molecule has 0 heterocycles. The molecular formula is C17H24ClNO2. The van der Waals surface area contributed by atoms with Crippen molar-refractivity contribution in [1.29, 1.82) is 0 Å². The van der Waals surface area contributed by atoms with Crippen LogP contribution in [-0.4, -0.2) is 18.2 Å². The van der Waals surface area contributed by atoms with Gasteiger partial charge in [-0.15, -0.1) is 0 Å². The average molecular weight is 310 g/mol. The van der Waals surface area contributed by atoms with E-state index in [2.05, 4.69) is 43.4 Å². The molecule has 1 N–H and O–H groups in total. The second-order valence-corrected chi connectivity index (χ2v) is 6.39. The number of amides is 1. The third-order valence-corrected chi connectivity index (χ3v) is 3.39. The zero-order chi connectivity index (χ0) is 16.0. The van der Waals surface area contributed by atoms with E-state index in [1.165, 1.54) is 16.7 Å². The molecule has 0 saturated carbocycles. The van der Waals surface area contributed by atoms with Gasteiger partial charge in [0.1, 0.15) is 5.60 Å². The van der Waals surface area contributed by atoms with Gasteiger partial charge in [0.2, 0.25) is 0 Å². The lowest BCUT2D eigenvalue weighted by molar-refractivity contribution is 0.0532. The molecule has 1 unspecified atom stereocenters. The number of halogens is 1. The number of nitrogens with one attached hydrogen (secondary N) is 1. The van der Waals surface area contributed by atoms with E-state index in [0.29, 0.717) is 6.54 Å². The number of aryl methyl sites for hydroxylation is 1. The number of rotatable bonds is 4. The number of carbonyl (C=O) groups excluding carboxylic acids is 1. The highest BCUT2D eigenvalue weighted by atomic mass is 35.5. The van der Waals surface area contributed by atoms with Crippen LogP contribution >= 0.6 is 11.6 Å². The van der Waals surface area contributed by atoms with Crippen LogP contribution in [0.4, 0.5) is 4.79 Å². The lowest BCUT2D eigenvalue weighted by Crippen LogP contribution is -2.34. The van der Waals surface area contributed by atoms with E-state index in [1.807, 2.05) is 20.8 Å². The number of hydrogen-bond acceptors (Lipinski definition) is 2. The van der Waals surface area contributed by atoms with Crippen molar-refractivity contribution in [2.75, 3.05) is 6.54 Å². The zero-order valence-corrected chi connectivity index (χ0v) is 14.1. The molecule has 1 rings (SSSR count). The Labute approximate surface area is 132 Å². The summed E-state index contributed by atoms with van der Waals surface area (Å²) in [7, 11) is 0. The number of hydrogen-bond donors (Lipinski definition) is 1. The van der Waals surface area contributed by atoms with Gasteiger partial charge in [-0.05, 0) is 38.8 Å². The fourth-order valence-electron chi connectivity index (χ4n) is 1.84. The minimum atomic E-state index is -0.502. The molecule has 0 saturated heterocycles. The molecule has 0 spiro atoms. The summed E-state index contributed by atoms with van der Waals surface area (Å²) in [6.07, 6.45) is -0.436. The first-order chi connectivity index (χ1) is 9.73. The Bertz CT molecular complexity index is 501. The summed E-state index contributed by atoms with van der Waals surface area (Å²) < 4.78 is 5.21. The van der Waals surface area contributed by atoms with Crippen molar-refractivity contribution in [1.82, 2.24) is 5.32 Å². The predicted molar refractivity (Wildman–Crippen MR) is 87.8 cm³/mol. The summed E-state index contributed by atoms with van der Waals surface area (Å²) >= 11 is 5.91. The van der Waals surface area contributed by atoms with Gasteiger partial charge >= 0.3 is 6.09 Å². The first-order valence-corrected chi connectivity index (χ1v) is 7.49. The van der Waals surface area contributed by atoms with Crippen molar-refractivity contribution in [2.45, 2.75) is 46.1 Å². The second-order valence-electron chi connectivity index (χ2n) is 6.17. The van der Waals surface area contributed by atoms with Gasteiger partial charge in [-0.25, -0.2) is 4.79 Å². The minimum absolute atomic E-state index is 0.137. The summed E-state index contributed by atoms with van der Waals surface area (Å²) in [5.74, 6) is 0.137. The maximum Gasteiger partial charge on any atom is 0.407 e. The van der Waals surface area contributed by atoms with E-state index in [1.54, 1.807) is 0 Å². The van der Waals surface area contributed by atoms with Gasteiger partial charge in [0.25, 0.3) is 0 Å². The number of carbonyl (C=O) groups is 1. The summed E-state index contributed by atoms with van der Waals surface area (Å²) in [6, 6.07) is 8.29. The second kappa shape index (κ2) is 7.51. The third kappa shape index (κ3) is 6.21. The zero-order valence-electron chi connectivity index (χ0n) is 13.4. The van der Waals surface area contributed by atoms with Crippen LogP contribution in [0.2, 0.25) is 0 Å². The van der Waals surface area contributed by atoms with Crippen LogP contribution in [0.5, 0.6) is 0 Å².